The molecule has 14 heavy (non-hydrogen) atoms. The van der Waals surface area contributed by atoms with Crippen molar-refractivity contribution in [2.24, 2.45) is 0 Å². The Labute approximate surface area is 81.8 Å². The molecule has 0 aromatic rings. The first-order chi connectivity index (χ1) is 6.63. The summed E-state index contributed by atoms with van der Waals surface area (Å²) in [6.45, 7) is 1.98. The molecule has 0 fully saturated rings. The van der Waals surface area contributed by atoms with Crippen LogP contribution in [0.25, 0.3) is 0 Å². The number of hydrogen-bond acceptors (Lipinski definition) is 5. The maximum absolute atomic E-state index is 10.3. The molecular formula is C8H14O6. The SMILES string of the molecule is CC(=O)OCCOCCOCC(=O)O. The van der Waals surface area contributed by atoms with Crippen LogP contribution in [0.1, 0.15) is 6.92 Å². The van der Waals surface area contributed by atoms with Crippen molar-refractivity contribution in [1.82, 2.24) is 0 Å². The van der Waals surface area contributed by atoms with Crippen LogP contribution in [0.4, 0.5) is 0 Å². The fraction of sp³-hybridized carbons (Fsp3) is 0.750. The van der Waals surface area contributed by atoms with Crippen LogP contribution in [0.5, 0.6) is 0 Å². The van der Waals surface area contributed by atoms with Crippen LogP contribution in [0.15, 0.2) is 0 Å². The van der Waals surface area contributed by atoms with E-state index in [0.717, 1.165) is 0 Å². The zero-order valence-corrected chi connectivity index (χ0v) is 8.02. The van der Waals surface area contributed by atoms with Crippen molar-refractivity contribution in [3.8, 4) is 0 Å². The molecule has 0 aromatic carbocycles. The van der Waals surface area contributed by atoms with Crippen molar-refractivity contribution in [2.45, 2.75) is 6.92 Å². The fourth-order valence-corrected chi connectivity index (χ4v) is 0.624. The van der Waals surface area contributed by atoms with Crippen LogP contribution in [0, 0.1) is 0 Å². The van der Waals surface area contributed by atoms with Crippen LogP contribution in [-0.2, 0) is 23.8 Å². The smallest absolute Gasteiger partial charge is 0.329 e. The van der Waals surface area contributed by atoms with Crippen molar-refractivity contribution in [3.05, 3.63) is 0 Å². The van der Waals surface area contributed by atoms with Gasteiger partial charge < -0.3 is 19.3 Å². The first kappa shape index (κ1) is 12.9. The lowest BCUT2D eigenvalue weighted by molar-refractivity contribution is -0.145. The molecule has 0 bridgehead atoms. The average molecular weight is 206 g/mol. The predicted molar refractivity (Wildman–Crippen MR) is 45.9 cm³/mol. The van der Waals surface area contributed by atoms with E-state index < -0.39 is 5.97 Å². The highest BCUT2D eigenvalue weighted by Crippen LogP contribution is 1.81. The number of esters is 1. The van der Waals surface area contributed by atoms with E-state index >= 15 is 0 Å². The second kappa shape index (κ2) is 8.46. The zero-order valence-electron chi connectivity index (χ0n) is 8.02. The lowest BCUT2D eigenvalue weighted by atomic mass is 10.7. The molecule has 0 amide bonds. The molecule has 6 nitrogen and oxygen atoms in total. The maximum atomic E-state index is 10.3. The number of carbonyl (C=O) groups is 2. The van der Waals surface area contributed by atoms with Gasteiger partial charge in [0.1, 0.15) is 13.2 Å². The first-order valence-corrected chi connectivity index (χ1v) is 4.13. The number of carboxylic acid groups (broad SMARTS) is 1. The monoisotopic (exact) mass is 206 g/mol. The van der Waals surface area contributed by atoms with Gasteiger partial charge >= 0.3 is 11.9 Å². The average Bonchev–Trinajstić information content (AvgIpc) is 2.08. The molecule has 0 saturated carbocycles. The van der Waals surface area contributed by atoms with Gasteiger partial charge in [0.15, 0.2) is 0 Å². The highest BCUT2D eigenvalue weighted by atomic mass is 16.6. The molecule has 0 aliphatic heterocycles. The summed E-state index contributed by atoms with van der Waals surface area (Å²) in [5, 5.41) is 8.19. The van der Waals surface area contributed by atoms with Gasteiger partial charge in [-0.25, -0.2) is 4.79 Å². The van der Waals surface area contributed by atoms with Crippen molar-refractivity contribution in [1.29, 1.82) is 0 Å². The Hall–Kier alpha value is -1.14. The van der Waals surface area contributed by atoms with Gasteiger partial charge in [-0.2, -0.15) is 0 Å². The molecule has 82 valence electrons. The number of aliphatic carboxylic acids is 1. The van der Waals surface area contributed by atoms with Crippen LogP contribution >= 0.6 is 0 Å². The summed E-state index contributed by atoms with van der Waals surface area (Å²) in [4.78, 5) is 20.3. The Morgan fingerprint density at radius 2 is 1.64 bits per heavy atom. The Morgan fingerprint density at radius 1 is 1.07 bits per heavy atom. The Bertz CT molecular complexity index is 159. The highest BCUT2D eigenvalue weighted by Gasteiger charge is 1.96. The van der Waals surface area contributed by atoms with E-state index in [1.807, 2.05) is 0 Å². The second-order valence-corrected chi connectivity index (χ2v) is 2.40. The van der Waals surface area contributed by atoms with E-state index in [2.05, 4.69) is 4.74 Å². The molecule has 0 unspecified atom stereocenters. The van der Waals surface area contributed by atoms with E-state index in [4.69, 9.17) is 14.6 Å². The van der Waals surface area contributed by atoms with Gasteiger partial charge in [-0.05, 0) is 0 Å². The van der Waals surface area contributed by atoms with Crippen LogP contribution in [0.2, 0.25) is 0 Å². The number of rotatable bonds is 8. The minimum Gasteiger partial charge on any atom is -0.480 e. The minimum absolute atomic E-state index is 0.203. The van der Waals surface area contributed by atoms with E-state index in [1.165, 1.54) is 6.92 Å². The Morgan fingerprint density at radius 3 is 2.21 bits per heavy atom. The summed E-state index contributed by atoms with van der Waals surface area (Å²) < 4.78 is 14.2. The van der Waals surface area contributed by atoms with E-state index in [0.29, 0.717) is 0 Å². The molecule has 1 N–H and O–H groups in total. The van der Waals surface area contributed by atoms with Gasteiger partial charge in [0, 0.05) is 6.92 Å². The van der Waals surface area contributed by atoms with Gasteiger partial charge in [-0.15, -0.1) is 0 Å². The van der Waals surface area contributed by atoms with Crippen LogP contribution in [-0.4, -0.2) is 50.1 Å². The summed E-state index contributed by atoms with van der Waals surface area (Å²) in [6, 6.07) is 0. The first-order valence-electron chi connectivity index (χ1n) is 4.13. The molecule has 0 aliphatic carbocycles. The number of hydrogen-bond donors (Lipinski definition) is 1. The third-order valence-corrected chi connectivity index (χ3v) is 1.13. The summed E-state index contributed by atoms with van der Waals surface area (Å²) in [7, 11) is 0. The van der Waals surface area contributed by atoms with Gasteiger partial charge in [0.25, 0.3) is 0 Å². The third-order valence-electron chi connectivity index (χ3n) is 1.13. The van der Waals surface area contributed by atoms with E-state index in [-0.39, 0.29) is 39.0 Å². The Kier molecular flexibility index (Phi) is 7.77. The molecule has 6 heteroatoms. The maximum Gasteiger partial charge on any atom is 0.329 e. The quantitative estimate of drug-likeness (QED) is 0.432. The molecule has 0 atom stereocenters. The lowest BCUT2D eigenvalue weighted by Crippen LogP contribution is -2.13. The third kappa shape index (κ3) is 10.9. The molecule has 0 radical (unpaired) electrons. The van der Waals surface area contributed by atoms with Gasteiger partial charge in [0.2, 0.25) is 0 Å². The molecule has 0 heterocycles. The van der Waals surface area contributed by atoms with Crippen molar-refractivity contribution < 1.29 is 28.9 Å². The Balaban J connectivity index is 2.99. The van der Waals surface area contributed by atoms with Gasteiger partial charge in [-0.1, -0.05) is 0 Å². The number of ether oxygens (including phenoxy) is 3. The normalized spacial score (nSPS) is 9.79. The minimum atomic E-state index is -1.01. The predicted octanol–water partition coefficient (Wildman–Crippen LogP) is -0.333. The van der Waals surface area contributed by atoms with Crippen molar-refractivity contribution >= 4 is 11.9 Å². The summed E-state index contributed by atoms with van der Waals surface area (Å²) in [5.74, 6) is -1.36. The molecule has 0 saturated heterocycles. The van der Waals surface area contributed by atoms with Crippen LogP contribution < -0.4 is 0 Å². The number of carbonyl (C=O) groups excluding carboxylic acids is 1. The number of carboxylic acids is 1. The van der Waals surface area contributed by atoms with Gasteiger partial charge in [0.05, 0.1) is 19.8 Å². The summed E-state index contributed by atoms with van der Waals surface area (Å²) in [5.41, 5.74) is 0. The molecule has 0 aliphatic rings. The summed E-state index contributed by atoms with van der Waals surface area (Å²) in [6.07, 6.45) is 0. The van der Waals surface area contributed by atoms with E-state index in [1.54, 1.807) is 0 Å². The van der Waals surface area contributed by atoms with Crippen molar-refractivity contribution in [3.63, 3.8) is 0 Å². The van der Waals surface area contributed by atoms with Gasteiger partial charge in [-0.3, -0.25) is 4.79 Å². The second-order valence-electron chi connectivity index (χ2n) is 2.40. The molecule has 0 aromatic heterocycles. The fourth-order valence-electron chi connectivity index (χ4n) is 0.624. The van der Waals surface area contributed by atoms with E-state index in [9.17, 15) is 9.59 Å². The zero-order chi connectivity index (χ0) is 10.8. The largest absolute Gasteiger partial charge is 0.480 e. The lowest BCUT2D eigenvalue weighted by Gasteiger charge is -2.04. The standard InChI is InChI=1S/C8H14O6/c1-7(9)14-5-4-12-2-3-13-6-8(10)11/h2-6H2,1H3,(H,10,11). The van der Waals surface area contributed by atoms with Crippen molar-refractivity contribution in [2.75, 3.05) is 33.0 Å². The van der Waals surface area contributed by atoms with Crippen LogP contribution in [0.3, 0.4) is 0 Å². The topological polar surface area (TPSA) is 82.1 Å². The molecular weight excluding hydrogens is 192 g/mol. The molecule has 0 rings (SSSR count). The highest BCUT2D eigenvalue weighted by molar-refractivity contribution is 5.68. The molecule has 0 spiro atoms. The summed E-state index contributed by atoms with van der Waals surface area (Å²) >= 11 is 0.